The summed E-state index contributed by atoms with van der Waals surface area (Å²) in [6.07, 6.45) is 6.95. The minimum Gasteiger partial charge on any atom is -0.356 e. The van der Waals surface area contributed by atoms with Gasteiger partial charge in [-0.25, -0.2) is 0 Å². The molecule has 0 radical (unpaired) electrons. The van der Waals surface area contributed by atoms with E-state index in [1.54, 1.807) is 0 Å². The predicted molar refractivity (Wildman–Crippen MR) is 134 cm³/mol. The fourth-order valence-corrected chi connectivity index (χ4v) is 4.46. The SMILES string of the molecule is CN=C(NCCN(C)C1CCCC1)NCC1CC(=O)N(CCc2ccccc2)C1.I. The number of carbonyl (C=O) groups is 1. The molecule has 1 unspecified atom stereocenters. The molecule has 1 saturated carbocycles. The van der Waals surface area contributed by atoms with Gasteiger partial charge in [0.2, 0.25) is 5.91 Å². The Hall–Kier alpha value is -1.35. The van der Waals surface area contributed by atoms with Crippen molar-refractivity contribution in [3.8, 4) is 0 Å². The van der Waals surface area contributed by atoms with Crippen molar-refractivity contribution in [1.29, 1.82) is 0 Å². The summed E-state index contributed by atoms with van der Waals surface area (Å²) in [5, 5.41) is 6.83. The summed E-state index contributed by atoms with van der Waals surface area (Å²) in [7, 11) is 4.03. The van der Waals surface area contributed by atoms with Gasteiger partial charge in [-0.1, -0.05) is 43.2 Å². The number of rotatable bonds is 9. The standard InChI is InChI=1S/C23H37N5O.HI/c1-24-23(25-13-15-27(2)21-10-6-7-11-21)26-17-20-16-22(29)28(18-20)14-12-19-8-4-3-5-9-19;/h3-5,8-9,20-21H,6-7,10-18H2,1-2H3,(H2,24,25,26);1H. The highest BCUT2D eigenvalue weighted by Crippen LogP contribution is 2.21. The number of aliphatic imine (C=N–C) groups is 1. The van der Waals surface area contributed by atoms with E-state index in [1.807, 2.05) is 18.0 Å². The molecule has 1 atom stereocenters. The van der Waals surface area contributed by atoms with Crippen LogP contribution in [0.5, 0.6) is 0 Å². The zero-order valence-electron chi connectivity index (χ0n) is 18.5. The van der Waals surface area contributed by atoms with Crippen LogP contribution in [-0.4, -0.2) is 74.5 Å². The molecule has 1 heterocycles. The van der Waals surface area contributed by atoms with Crippen LogP contribution in [0.4, 0.5) is 0 Å². The molecule has 1 aromatic carbocycles. The summed E-state index contributed by atoms with van der Waals surface area (Å²) in [5.41, 5.74) is 1.29. The van der Waals surface area contributed by atoms with Gasteiger partial charge in [-0.2, -0.15) is 0 Å². The predicted octanol–water partition coefficient (Wildman–Crippen LogP) is 2.74. The van der Waals surface area contributed by atoms with E-state index in [1.165, 1.54) is 31.2 Å². The Labute approximate surface area is 198 Å². The van der Waals surface area contributed by atoms with Crippen LogP contribution in [0, 0.1) is 5.92 Å². The lowest BCUT2D eigenvalue weighted by Crippen LogP contribution is -2.44. The lowest BCUT2D eigenvalue weighted by molar-refractivity contribution is -0.127. The number of nitrogens with zero attached hydrogens (tertiary/aromatic N) is 3. The summed E-state index contributed by atoms with van der Waals surface area (Å²) < 4.78 is 0. The molecule has 2 N–H and O–H groups in total. The molecule has 6 nitrogen and oxygen atoms in total. The van der Waals surface area contributed by atoms with Gasteiger partial charge in [0.05, 0.1) is 0 Å². The van der Waals surface area contributed by atoms with Gasteiger partial charge in [0, 0.05) is 58.2 Å². The molecule has 1 aliphatic carbocycles. The number of hydrogen-bond acceptors (Lipinski definition) is 3. The molecule has 0 spiro atoms. The van der Waals surface area contributed by atoms with Crippen LogP contribution in [0.2, 0.25) is 0 Å². The fraction of sp³-hybridized carbons (Fsp3) is 0.652. The maximum Gasteiger partial charge on any atom is 0.223 e. The lowest BCUT2D eigenvalue weighted by atomic mass is 10.1. The molecule has 30 heavy (non-hydrogen) atoms. The first-order valence-electron chi connectivity index (χ1n) is 11.1. The molecule has 2 aliphatic rings. The molecule has 1 aromatic rings. The normalized spacial score (nSPS) is 20.0. The van der Waals surface area contributed by atoms with Crippen LogP contribution in [0.3, 0.4) is 0 Å². The Kier molecular flexibility index (Phi) is 10.9. The molecule has 168 valence electrons. The highest BCUT2D eigenvalue weighted by Gasteiger charge is 2.29. The van der Waals surface area contributed by atoms with Gasteiger partial charge >= 0.3 is 0 Å². The fourth-order valence-electron chi connectivity index (χ4n) is 4.46. The number of likely N-dealkylation sites (tertiary alicyclic amines) is 1. The zero-order valence-corrected chi connectivity index (χ0v) is 20.8. The van der Waals surface area contributed by atoms with Crippen molar-refractivity contribution in [3.63, 3.8) is 0 Å². The van der Waals surface area contributed by atoms with E-state index in [4.69, 9.17) is 0 Å². The first-order valence-corrected chi connectivity index (χ1v) is 11.1. The zero-order chi connectivity index (χ0) is 20.5. The summed E-state index contributed by atoms with van der Waals surface area (Å²) in [6.45, 7) is 4.34. The van der Waals surface area contributed by atoms with Crippen LogP contribution in [0.15, 0.2) is 35.3 Å². The summed E-state index contributed by atoms with van der Waals surface area (Å²) in [6, 6.07) is 11.1. The van der Waals surface area contributed by atoms with Gasteiger partial charge in [-0.3, -0.25) is 9.79 Å². The number of likely N-dealkylation sites (N-methyl/N-ethyl adjacent to an activating group) is 1. The largest absolute Gasteiger partial charge is 0.356 e. The number of carbonyl (C=O) groups excluding carboxylic acids is 1. The third kappa shape index (κ3) is 7.72. The van der Waals surface area contributed by atoms with Crippen molar-refractivity contribution in [2.75, 3.05) is 46.8 Å². The number of amides is 1. The van der Waals surface area contributed by atoms with Crippen molar-refractivity contribution in [3.05, 3.63) is 35.9 Å². The molecule has 2 fully saturated rings. The number of guanidine groups is 1. The lowest BCUT2D eigenvalue weighted by Gasteiger charge is -2.24. The highest BCUT2D eigenvalue weighted by molar-refractivity contribution is 14.0. The van der Waals surface area contributed by atoms with Crippen molar-refractivity contribution in [1.82, 2.24) is 20.4 Å². The van der Waals surface area contributed by atoms with Gasteiger partial charge in [-0.15, -0.1) is 24.0 Å². The highest BCUT2D eigenvalue weighted by atomic mass is 127. The molecule has 1 aliphatic heterocycles. The number of nitrogens with one attached hydrogen (secondary N) is 2. The average Bonchev–Trinajstić information content (AvgIpc) is 3.39. The molecule has 7 heteroatoms. The summed E-state index contributed by atoms with van der Waals surface area (Å²) in [4.78, 5) is 21.1. The average molecular weight is 527 g/mol. The van der Waals surface area contributed by atoms with Gasteiger partial charge in [0.15, 0.2) is 5.96 Å². The van der Waals surface area contributed by atoms with Crippen molar-refractivity contribution in [2.45, 2.75) is 44.6 Å². The number of halogens is 1. The van der Waals surface area contributed by atoms with Crippen LogP contribution in [0.25, 0.3) is 0 Å². The minimum atomic E-state index is 0. The molecular formula is C23H38IN5O. The van der Waals surface area contributed by atoms with E-state index in [0.717, 1.165) is 51.1 Å². The Morgan fingerprint density at radius 3 is 2.63 bits per heavy atom. The maximum absolute atomic E-state index is 12.3. The van der Waals surface area contributed by atoms with Crippen molar-refractivity contribution in [2.24, 2.45) is 10.9 Å². The van der Waals surface area contributed by atoms with Crippen LogP contribution in [-0.2, 0) is 11.2 Å². The van der Waals surface area contributed by atoms with E-state index in [0.29, 0.717) is 12.3 Å². The summed E-state index contributed by atoms with van der Waals surface area (Å²) in [5.74, 6) is 1.45. The van der Waals surface area contributed by atoms with E-state index >= 15 is 0 Å². The van der Waals surface area contributed by atoms with E-state index in [9.17, 15) is 4.79 Å². The topological polar surface area (TPSA) is 60.0 Å². The van der Waals surface area contributed by atoms with Gasteiger partial charge in [0.25, 0.3) is 0 Å². The number of benzene rings is 1. The molecule has 1 saturated heterocycles. The third-order valence-corrected chi connectivity index (χ3v) is 6.29. The van der Waals surface area contributed by atoms with Crippen molar-refractivity contribution >= 4 is 35.8 Å². The van der Waals surface area contributed by atoms with Crippen LogP contribution in [0.1, 0.15) is 37.7 Å². The van der Waals surface area contributed by atoms with Gasteiger partial charge in [0.1, 0.15) is 0 Å². The second kappa shape index (κ2) is 13.1. The number of hydrogen-bond donors (Lipinski definition) is 2. The quantitative estimate of drug-likeness (QED) is 0.295. The molecular weight excluding hydrogens is 489 g/mol. The van der Waals surface area contributed by atoms with E-state index in [-0.39, 0.29) is 29.9 Å². The maximum atomic E-state index is 12.3. The summed E-state index contributed by atoms with van der Waals surface area (Å²) >= 11 is 0. The van der Waals surface area contributed by atoms with Crippen molar-refractivity contribution < 1.29 is 4.79 Å². The second-order valence-corrected chi connectivity index (χ2v) is 8.44. The Morgan fingerprint density at radius 1 is 1.20 bits per heavy atom. The molecule has 3 rings (SSSR count). The third-order valence-electron chi connectivity index (χ3n) is 6.29. The molecule has 1 amide bonds. The smallest absolute Gasteiger partial charge is 0.223 e. The minimum absolute atomic E-state index is 0. The Bertz CT molecular complexity index is 663. The second-order valence-electron chi connectivity index (χ2n) is 8.44. The first-order chi connectivity index (χ1) is 14.2. The Morgan fingerprint density at radius 2 is 1.93 bits per heavy atom. The monoisotopic (exact) mass is 527 g/mol. The molecule has 0 bridgehead atoms. The van der Waals surface area contributed by atoms with Gasteiger partial charge < -0.3 is 20.4 Å². The van der Waals surface area contributed by atoms with E-state index < -0.39 is 0 Å². The Balaban J connectivity index is 0.00000320. The van der Waals surface area contributed by atoms with Crippen LogP contribution < -0.4 is 10.6 Å². The van der Waals surface area contributed by atoms with Gasteiger partial charge in [-0.05, 0) is 31.9 Å². The van der Waals surface area contributed by atoms with Crippen LogP contribution >= 0.6 is 24.0 Å². The molecule has 0 aromatic heterocycles. The van der Waals surface area contributed by atoms with E-state index in [2.05, 4.69) is 51.8 Å². The first kappa shape index (κ1) is 24.9.